The minimum atomic E-state index is -0.582. The summed E-state index contributed by atoms with van der Waals surface area (Å²) in [6.45, 7) is 4.71. The van der Waals surface area contributed by atoms with Crippen LogP contribution in [0.4, 0.5) is 16.2 Å². The van der Waals surface area contributed by atoms with Gasteiger partial charge >= 0.3 is 6.03 Å². The molecule has 2 aliphatic rings. The van der Waals surface area contributed by atoms with Crippen molar-refractivity contribution in [2.24, 2.45) is 5.92 Å². The molecule has 0 aromatic heterocycles. The molecule has 47 heavy (non-hydrogen) atoms. The Labute approximate surface area is 276 Å². The minimum absolute atomic E-state index is 0.0000309. The van der Waals surface area contributed by atoms with Gasteiger partial charge in [0.15, 0.2) is 6.29 Å². The molecule has 4 aromatic rings. The van der Waals surface area contributed by atoms with Crippen LogP contribution in [0.15, 0.2) is 103 Å². The third kappa shape index (κ3) is 8.38. The largest absolute Gasteiger partial charge is 0.457 e. The Morgan fingerprint density at radius 3 is 2.15 bits per heavy atom. The number of likely N-dealkylation sites (tertiary alicyclic amines) is 1. The number of aliphatic hydroxyl groups is 1. The summed E-state index contributed by atoms with van der Waals surface area (Å²) in [5.74, 6) is 1.53. The van der Waals surface area contributed by atoms with Gasteiger partial charge in [-0.2, -0.15) is 0 Å². The molecule has 9 heteroatoms. The molecule has 2 saturated heterocycles. The Morgan fingerprint density at radius 2 is 1.49 bits per heavy atom. The average molecular weight is 638 g/mol. The van der Waals surface area contributed by atoms with Crippen LogP contribution in [-0.4, -0.2) is 55.0 Å². The molecule has 0 spiro atoms. The predicted octanol–water partition coefficient (Wildman–Crippen LogP) is 7.52. The van der Waals surface area contributed by atoms with E-state index in [1.54, 1.807) is 19.2 Å². The number of aliphatic hydroxyl groups excluding tert-OH is 1. The number of methoxy groups -OCH3 is 1. The van der Waals surface area contributed by atoms with E-state index in [1.165, 1.54) is 0 Å². The third-order valence-corrected chi connectivity index (χ3v) is 8.93. The normalized spacial score (nSPS) is 22.9. The van der Waals surface area contributed by atoms with E-state index in [4.69, 9.17) is 18.9 Å². The molecular weight excluding hydrogens is 594 g/mol. The maximum atomic E-state index is 12.8. The molecule has 6 rings (SSSR count). The van der Waals surface area contributed by atoms with Crippen LogP contribution >= 0.6 is 0 Å². The number of para-hydroxylation sites is 1. The van der Waals surface area contributed by atoms with Crippen molar-refractivity contribution in [3.63, 3.8) is 0 Å². The number of carbonyl (C=O) groups is 1. The molecule has 9 nitrogen and oxygen atoms in total. The lowest BCUT2D eigenvalue weighted by Crippen LogP contribution is -2.46. The summed E-state index contributed by atoms with van der Waals surface area (Å²) >= 11 is 0. The fourth-order valence-corrected chi connectivity index (χ4v) is 6.32. The Bertz CT molecular complexity index is 1570. The molecule has 0 unspecified atom stereocenters. The fraction of sp³-hybridized carbons (Fsp3) is 0.342. The average Bonchev–Trinajstić information content (AvgIpc) is 3.54. The van der Waals surface area contributed by atoms with E-state index >= 15 is 0 Å². The molecule has 2 heterocycles. The molecule has 0 saturated carbocycles. The fourth-order valence-electron chi connectivity index (χ4n) is 6.32. The van der Waals surface area contributed by atoms with Gasteiger partial charge in [-0.1, -0.05) is 61.5 Å². The first-order chi connectivity index (χ1) is 23.0. The van der Waals surface area contributed by atoms with Crippen molar-refractivity contribution in [1.29, 1.82) is 0 Å². The van der Waals surface area contributed by atoms with Crippen LogP contribution in [0.2, 0.25) is 0 Å². The highest BCUT2D eigenvalue weighted by atomic mass is 16.7. The van der Waals surface area contributed by atoms with Crippen LogP contribution in [0.25, 0.3) is 0 Å². The highest BCUT2D eigenvalue weighted by molar-refractivity contribution is 5.99. The zero-order valence-corrected chi connectivity index (χ0v) is 26.9. The van der Waals surface area contributed by atoms with Gasteiger partial charge in [0.2, 0.25) is 0 Å². The van der Waals surface area contributed by atoms with Crippen LogP contribution in [-0.2, 0) is 20.8 Å². The summed E-state index contributed by atoms with van der Waals surface area (Å²) in [7, 11) is 1.76. The van der Waals surface area contributed by atoms with Crippen molar-refractivity contribution in [3.8, 4) is 11.5 Å². The highest BCUT2D eigenvalue weighted by Gasteiger charge is 2.40. The number of nitrogens with one attached hydrogen (secondary N) is 2. The van der Waals surface area contributed by atoms with E-state index in [0.717, 1.165) is 48.4 Å². The van der Waals surface area contributed by atoms with E-state index in [2.05, 4.69) is 22.5 Å². The number of hydrogen-bond donors (Lipinski definition) is 3. The first-order valence-electron chi connectivity index (χ1n) is 16.2. The number of hydrogen-bond acceptors (Lipinski definition) is 7. The van der Waals surface area contributed by atoms with Crippen LogP contribution in [0, 0.1) is 5.92 Å². The number of amides is 2. The minimum Gasteiger partial charge on any atom is -0.457 e. The van der Waals surface area contributed by atoms with E-state index in [0.29, 0.717) is 29.8 Å². The van der Waals surface area contributed by atoms with Crippen molar-refractivity contribution in [3.05, 3.63) is 120 Å². The maximum absolute atomic E-state index is 12.8. The van der Waals surface area contributed by atoms with Gasteiger partial charge in [0, 0.05) is 42.6 Å². The van der Waals surface area contributed by atoms with Gasteiger partial charge in [0.05, 0.1) is 25.4 Å². The molecule has 5 atom stereocenters. The van der Waals surface area contributed by atoms with Gasteiger partial charge in [0.1, 0.15) is 11.5 Å². The van der Waals surface area contributed by atoms with Crippen molar-refractivity contribution >= 4 is 17.4 Å². The van der Waals surface area contributed by atoms with Crippen LogP contribution in [0.1, 0.15) is 48.8 Å². The molecule has 2 aliphatic heterocycles. The second-order valence-electron chi connectivity index (χ2n) is 12.2. The topological polar surface area (TPSA) is 102 Å². The lowest BCUT2D eigenvalue weighted by atomic mass is 9.90. The van der Waals surface area contributed by atoms with Crippen molar-refractivity contribution in [1.82, 2.24) is 4.90 Å². The molecule has 4 aromatic carbocycles. The molecule has 0 aliphatic carbocycles. The molecule has 2 fully saturated rings. The van der Waals surface area contributed by atoms with Crippen LogP contribution in [0.3, 0.4) is 0 Å². The Morgan fingerprint density at radius 1 is 0.851 bits per heavy atom. The summed E-state index contributed by atoms with van der Waals surface area (Å²) in [6.07, 6.45) is 1.43. The molecule has 246 valence electrons. The van der Waals surface area contributed by atoms with E-state index in [9.17, 15) is 9.90 Å². The second kappa shape index (κ2) is 15.6. The smallest absolute Gasteiger partial charge is 0.323 e. The monoisotopic (exact) mass is 637 g/mol. The maximum Gasteiger partial charge on any atom is 0.323 e. The summed E-state index contributed by atoms with van der Waals surface area (Å²) in [4.78, 5) is 15.3. The quantitative estimate of drug-likeness (QED) is 0.156. The van der Waals surface area contributed by atoms with Gasteiger partial charge in [-0.25, -0.2) is 4.79 Å². The number of urea groups is 1. The molecular formula is C38H43N3O6. The Balaban J connectivity index is 1.11. The summed E-state index contributed by atoms with van der Waals surface area (Å²) in [5.41, 5.74) is 4.08. The van der Waals surface area contributed by atoms with E-state index in [1.807, 2.05) is 91.0 Å². The predicted molar refractivity (Wildman–Crippen MR) is 181 cm³/mol. The van der Waals surface area contributed by atoms with E-state index in [-0.39, 0.29) is 30.8 Å². The number of carbonyl (C=O) groups excluding carboxylic acids is 1. The Kier molecular flexibility index (Phi) is 10.8. The molecule has 0 radical (unpaired) electrons. The lowest BCUT2D eigenvalue weighted by Gasteiger charge is -2.43. The molecule has 2 amide bonds. The number of ether oxygens (including phenoxy) is 4. The molecule has 3 N–H and O–H groups in total. The summed E-state index contributed by atoms with van der Waals surface area (Å²) in [6, 6.07) is 32.3. The van der Waals surface area contributed by atoms with Crippen molar-refractivity contribution < 1.29 is 28.8 Å². The van der Waals surface area contributed by atoms with Gasteiger partial charge < -0.3 is 34.7 Å². The van der Waals surface area contributed by atoms with Gasteiger partial charge in [-0.15, -0.1) is 0 Å². The standard InChI is InChI=1S/C38H43N3O6/c1-26-35(23-41-22-6-7-32(41)25-44-2)46-37(47-36(26)28-12-10-27(24-42)11-13-28)29-14-16-30(17-15-29)39-38(43)40-31-18-20-34(21-19-31)45-33-8-4-3-5-9-33/h3-5,8-21,26,32,35-37,42H,6-7,22-25H2,1-2H3,(H2,39,40,43)/t26-,32-,35+,36+,37+/m0/s1. The van der Waals surface area contributed by atoms with Crippen LogP contribution < -0.4 is 15.4 Å². The number of anilines is 2. The second-order valence-corrected chi connectivity index (χ2v) is 12.2. The Hall–Kier alpha value is -4.25. The first kappa shape index (κ1) is 32.7. The zero-order chi connectivity index (χ0) is 32.6. The lowest BCUT2D eigenvalue weighted by molar-refractivity contribution is -0.276. The zero-order valence-electron chi connectivity index (χ0n) is 26.9. The molecule has 0 bridgehead atoms. The SMILES string of the molecule is COC[C@@H]1CCCN1C[C@H]1O[C@@H](c2ccc(NC(=O)Nc3ccc(Oc4ccccc4)cc3)cc2)O[C@@H](c2ccc(CO)cc2)[C@H]1C. The van der Waals surface area contributed by atoms with Crippen molar-refractivity contribution in [2.45, 2.75) is 50.9 Å². The highest BCUT2D eigenvalue weighted by Crippen LogP contribution is 2.42. The van der Waals surface area contributed by atoms with Crippen molar-refractivity contribution in [2.75, 3.05) is 37.4 Å². The van der Waals surface area contributed by atoms with Gasteiger partial charge in [0.25, 0.3) is 0 Å². The number of nitrogens with zero attached hydrogens (tertiary/aromatic N) is 1. The van der Waals surface area contributed by atoms with Crippen LogP contribution in [0.5, 0.6) is 11.5 Å². The van der Waals surface area contributed by atoms with Gasteiger partial charge in [-0.05, 0) is 79.0 Å². The van der Waals surface area contributed by atoms with E-state index < -0.39 is 6.29 Å². The third-order valence-electron chi connectivity index (χ3n) is 8.93. The number of benzene rings is 4. The first-order valence-corrected chi connectivity index (χ1v) is 16.2. The number of rotatable bonds is 11. The van der Waals surface area contributed by atoms with Gasteiger partial charge in [-0.3, -0.25) is 4.90 Å². The summed E-state index contributed by atoms with van der Waals surface area (Å²) < 4.78 is 24.6. The summed E-state index contributed by atoms with van der Waals surface area (Å²) in [5, 5.41) is 15.3.